The average molecular weight is 309 g/mol. The number of rotatable bonds is 3. The zero-order chi connectivity index (χ0) is 13.2. The second kappa shape index (κ2) is 5.73. The van der Waals surface area contributed by atoms with Crippen LogP contribution in [0.5, 0.6) is 0 Å². The Morgan fingerprint density at radius 1 is 1.26 bits per heavy atom. The Balaban J connectivity index is 1.78. The minimum Gasteiger partial charge on any atom is -0.236 e. The van der Waals surface area contributed by atoms with Gasteiger partial charge in [0.05, 0.1) is 11.4 Å². The quantitative estimate of drug-likeness (QED) is 0.617. The smallest absolute Gasteiger partial charge is 0.140 e. The van der Waals surface area contributed by atoms with Crippen molar-refractivity contribution in [2.45, 2.75) is 29.1 Å². The number of halogens is 1. The summed E-state index contributed by atoms with van der Waals surface area (Å²) in [6.07, 6.45) is 0. The fraction of sp³-hybridized carbons (Fsp3) is 0.286. The van der Waals surface area contributed by atoms with Crippen LogP contribution >= 0.6 is 35.1 Å². The Labute approximate surface area is 126 Å². The van der Waals surface area contributed by atoms with E-state index in [0.717, 1.165) is 34.3 Å². The molecule has 1 aliphatic rings. The van der Waals surface area contributed by atoms with E-state index in [0.29, 0.717) is 5.15 Å². The molecule has 0 N–H and O–H groups in total. The minimum absolute atomic E-state index is 0.635. The Hall–Kier alpha value is -0.710. The molecule has 2 nitrogen and oxygen atoms in total. The van der Waals surface area contributed by atoms with E-state index in [4.69, 9.17) is 11.6 Å². The Bertz CT molecular complexity index is 616. The lowest BCUT2D eigenvalue weighted by Crippen LogP contribution is -2.00. The minimum atomic E-state index is 0.635. The van der Waals surface area contributed by atoms with E-state index in [9.17, 15) is 0 Å². The molecule has 1 aromatic carbocycles. The first-order valence-electron chi connectivity index (χ1n) is 6.04. The third kappa shape index (κ3) is 2.91. The zero-order valence-corrected chi connectivity index (χ0v) is 12.9. The van der Waals surface area contributed by atoms with Gasteiger partial charge in [-0.1, -0.05) is 29.8 Å². The molecule has 0 unspecified atom stereocenters. The molecule has 0 amide bonds. The number of hydrogen-bond acceptors (Lipinski definition) is 4. The Morgan fingerprint density at radius 2 is 2.11 bits per heavy atom. The highest BCUT2D eigenvalue weighted by Gasteiger charge is 2.18. The Morgan fingerprint density at radius 3 is 2.95 bits per heavy atom. The van der Waals surface area contributed by atoms with E-state index in [1.807, 2.05) is 11.8 Å². The second-order valence-corrected chi connectivity index (χ2v) is 6.76. The van der Waals surface area contributed by atoms with Crippen LogP contribution in [-0.4, -0.2) is 9.97 Å². The van der Waals surface area contributed by atoms with Crippen LogP contribution in [0.4, 0.5) is 0 Å². The van der Waals surface area contributed by atoms with Gasteiger partial charge < -0.3 is 0 Å². The van der Waals surface area contributed by atoms with Gasteiger partial charge >= 0.3 is 0 Å². The third-order valence-corrected chi connectivity index (χ3v) is 5.48. The topological polar surface area (TPSA) is 25.8 Å². The highest BCUT2D eigenvalue weighted by molar-refractivity contribution is 7.98. The van der Waals surface area contributed by atoms with Crippen molar-refractivity contribution in [1.29, 1.82) is 0 Å². The van der Waals surface area contributed by atoms with Gasteiger partial charge in [0.2, 0.25) is 0 Å². The lowest BCUT2D eigenvalue weighted by atomic mass is 10.2. The predicted molar refractivity (Wildman–Crippen MR) is 82.8 cm³/mol. The van der Waals surface area contributed by atoms with E-state index in [1.165, 1.54) is 10.5 Å². The van der Waals surface area contributed by atoms with Gasteiger partial charge in [-0.2, -0.15) is 11.8 Å². The van der Waals surface area contributed by atoms with Gasteiger partial charge in [0.25, 0.3) is 0 Å². The first-order chi connectivity index (χ1) is 9.24. The van der Waals surface area contributed by atoms with Gasteiger partial charge in [0, 0.05) is 22.0 Å². The summed E-state index contributed by atoms with van der Waals surface area (Å²) in [6, 6.07) is 8.36. The van der Waals surface area contributed by atoms with Crippen molar-refractivity contribution in [3.8, 4) is 0 Å². The molecule has 19 heavy (non-hydrogen) atoms. The number of aryl methyl sites for hydroxylation is 1. The van der Waals surface area contributed by atoms with Crippen LogP contribution in [0.25, 0.3) is 0 Å². The molecular weight excluding hydrogens is 296 g/mol. The maximum atomic E-state index is 6.21. The second-order valence-electron chi connectivity index (χ2n) is 4.40. The summed E-state index contributed by atoms with van der Waals surface area (Å²) in [4.78, 5) is 10.3. The summed E-state index contributed by atoms with van der Waals surface area (Å²) in [6.45, 7) is 2.12. The maximum Gasteiger partial charge on any atom is 0.140 e. The van der Waals surface area contributed by atoms with Crippen LogP contribution in [0.1, 0.15) is 22.6 Å². The first kappa shape index (κ1) is 13.3. The standard InChI is InChI=1S/C14H13ClN2S2/c1-9-4-2-3-5-12(9)19-8-13-16-11-7-18-6-10(11)14(15)17-13/h2-5H,6-8H2,1H3. The highest BCUT2D eigenvalue weighted by atomic mass is 35.5. The lowest BCUT2D eigenvalue weighted by molar-refractivity contribution is 0.974. The summed E-state index contributed by atoms with van der Waals surface area (Å²) in [5.41, 5.74) is 3.53. The van der Waals surface area contributed by atoms with Crippen molar-refractivity contribution in [2.75, 3.05) is 0 Å². The molecule has 0 spiro atoms. The van der Waals surface area contributed by atoms with Crippen molar-refractivity contribution in [3.63, 3.8) is 0 Å². The Kier molecular flexibility index (Phi) is 4.01. The first-order valence-corrected chi connectivity index (χ1v) is 8.56. The zero-order valence-electron chi connectivity index (χ0n) is 10.5. The van der Waals surface area contributed by atoms with Gasteiger partial charge in [0.15, 0.2) is 0 Å². The molecule has 2 aromatic rings. The predicted octanol–water partition coefficient (Wildman–Crippen LogP) is 4.48. The van der Waals surface area contributed by atoms with E-state index >= 15 is 0 Å². The van der Waals surface area contributed by atoms with Crippen LogP contribution in [0, 0.1) is 6.92 Å². The van der Waals surface area contributed by atoms with Crippen molar-refractivity contribution in [2.24, 2.45) is 0 Å². The summed E-state index contributed by atoms with van der Waals surface area (Å²) < 4.78 is 0. The molecule has 1 aliphatic heterocycles. The normalized spacial score (nSPS) is 13.6. The number of nitrogens with zero attached hydrogens (tertiary/aromatic N) is 2. The van der Waals surface area contributed by atoms with Crippen LogP contribution in [0.15, 0.2) is 29.2 Å². The molecule has 0 atom stereocenters. The fourth-order valence-corrected chi connectivity index (χ4v) is 4.26. The fourth-order valence-electron chi connectivity index (χ4n) is 1.99. The molecule has 0 aliphatic carbocycles. The molecule has 0 saturated heterocycles. The SMILES string of the molecule is Cc1ccccc1SCc1nc(Cl)c2c(n1)CSC2. The van der Waals surface area contributed by atoms with Crippen molar-refractivity contribution < 1.29 is 0 Å². The number of aromatic nitrogens is 2. The van der Waals surface area contributed by atoms with Gasteiger partial charge in [-0.3, -0.25) is 0 Å². The van der Waals surface area contributed by atoms with Crippen LogP contribution in [-0.2, 0) is 17.3 Å². The van der Waals surface area contributed by atoms with E-state index < -0.39 is 0 Å². The van der Waals surface area contributed by atoms with E-state index in [-0.39, 0.29) is 0 Å². The van der Waals surface area contributed by atoms with Crippen LogP contribution < -0.4 is 0 Å². The van der Waals surface area contributed by atoms with Crippen LogP contribution in [0.2, 0.25) is 5.15 Å². The lowest BCUT2D eigenvalue weighted by Gasteiger charge is -2.06. The third-order valence-electron chi connectivity index (χ3n) is 3.02. The van der Waals surface area contributed by atoms with Crippen molar-refractivity contribution in [3.05, 3.63) is 52.1 Å². The van der Waals surface area contributed by atoms with Gasteiger partial charge in [-0.15, -0.1) is 11.8 Å². The molecule has 0 bridgehead atoms. The highest BCUT2D eigenvalue weighted by Crippen LogP contribution is 2.33. The maximum absolute atomic E-state index is 6.21. The molecule has 5 heteroatoms. The number of benzene rings is 1. The summed E-state index contributed by atoms with van der Waals surface area (Å²) >= 11 is 9.83. The average Bonchev–Trinajstić information content (AvgIpc) is 2.87. The van der Waals surface area contributed by atoms with Gasteiger partial charge in [-0.05, 0) is 18.6 Å². The molecule has 0 saturated carbocycles. The molecule has 1 aromatic heterocycles. The van der Waals surface area contributed by atoms with E-state index in [2.05, 4.69) is 41.2 Å². The molecule has 98 valence electrons. The monoisotopic (exact) mass is 308 g/mol. The number of hydrogen-bond donors (Lipinski definition) is 0. The molecule has 3 rings (SSSR count). The summed E-state index contributed by atoms with van der Waals surface area (Å²) in [7, 11) is 0. The number of thioether (sulfide) groups is 2. The van der Waals surface area contributed by atoms with Crippen molar-refractivity contribution in [1.82, 2.24) is 9.97 Å². The summed E-state index contributed by atoms with van der Waals surface area (Å²) in [5, 5.41) is 0.635. The van der Waals surface area contributed by atoms with Crippen molar-refractivity contribution >= 4 is 35.1 Å². The van der Waals surface area contributed by atoms with Gasteiger partial charge in [-0.25, -0.2) is 9.97 Å². The molecule has 2 heterocycles. The van der Waals surface area contributed by atoms with Crippen LogP contribution in [0.3, 0.4) is 0 Å². The molecule has 0 fully saturated rings. The number of fused-ring (bicyclic) bond motifs is 1. The van der Waals surface area contributed by atoms with Gasteiger partial charge in [0.1, 0.15) is 11.0 Å². The van der Waals surface area contributed by atoms with E-state index in [1.54, 1.807) is 11.8 Å². The molecule has 0 radical (unpaired) electrons. The molecular formula is C14H13ClN2S2. The summed E-state index contributed by atoms with van der Waals surface area (Å²) in [5.74, 6) is 3.50. The largest absolute Gasteiger partial charge is 0.236 e.